The first-order chi connectivity index (χ1) is 13.6. The molecule has 0 radical (unpaired) electrons. The minimum atomic E-state index is -0.941. The largest absolute Gasteiger partial charge is 0.494 e. The number of carbonyl (C=O) groups is 1. The zero-order valence-electron chi connectivity index (χ0n) is 17.6. The number of nitrogens with zero attached hydrogens (tertiary/aromatic N) is 2. The van der Waals surface area contributed by atoms with Crippen molar-refractivity contribution in [3.05, 3.63) is 24.4 Å². The second-order valence-electron chi connectivity index (χ2n) is 9.38. The normalized spacial score (nSPS) is 26.0. The SMILES string of the molecule is CC1(C)OB(c2ccc3cn(C4CCC(CNC(=O)O)CC4)nc3c2)OC1(C)C. The second-order valence-corrected chi connectivity index (χ2v) is 9.38. The molecule has 1 saturated carbocycles. The van der Waals surface area contributed by atoms with Gasteiger partial charge in [-0.3, -0.25) is 4.68 Å². The predicted molar refractivity (Wildman–Crippen MR) is 112 cm³/mol. The average molecular weight is 399 g/mol. The van der Waals surface area contributed by atoms with Crippen molar-refractivity contribution in [2.24, 2.45) is 5.92 Å². The van der Waals surface area contributed by atoms with Crippen molar-refractivity contribution in [2.75, 3.05) is 6.54 Å². The monoisotopic (exact) mass is 399 g/mol. The highest BCUT2D eigenvalue weighted by atomic mass is 16.7. The highest BCUT2D eigenvalue weighted by Crippen LogP contribution is 2.37. The van der Waals surface area contributed by atoms with Gasteiger partial charge in [0.05, 0.1) is 22.8 Å². The topological polar surface area (TPSA) is 85.6 Å². The van der Waals surface area contributed by atoms with Crippen molar-refractivity contribution in [1.82, 2.24) is 15.1 Å². The van der Waals surface area contributed by atoms with Crippen LogP contribution in [0.5, 0.6) is 0 Å². The molecule has 2 N–H and O–H groups in total. The van der Waals surface area contributed by atoms with Crippen LogP contribution >= 0.6 is 0 Å². The molecule has 1 aliphatic heterocycles. The van der Waals surface area contributed by atoms with Crippen LogP contribution in [0.15, 0.2) is 24.4 Å². The lowest BCUT2D eigenvalue weighted by molar-refractivity contribution is 0.00578. The van der Waals surface area contributed by atoms with Crippen molar-refractivity contribution in [3.8, 4) is 0 Å². The van der Waals surface area contributed by atoms with E-state index in [2.05, 4.69) is 62.1 Å². The number of aromatic nitrogens is 2. The Kier molecular flexibility index (Phi) is 5.11. The predicted octanol–water partition coefficient (Wildman–Crippen LogP) is 3.33. The van der Waals surface area contributed by atoms with Gasteiger partial charge < -0.3 is 19.7 Å². The van der Waals surface area contributed by atoms with E-state index < -0.39 is 6.09 Å². The second kappa shape index (κ2) is 7.33. The molecule has 2 aromatic rings. The molecule has 29 heavy (non-hydrogen) atoms. The number of carboxylic acid groups (broad SMARTS) is 1. The van der Waals surface area contributed by atoms with E-state index in [9.17, 15) is 4.79 Å². The molecule has 8 heteroatoms. The van der Waals surface area contributed by atoms with Gasteiger partial charge in [0.2, 0.25) is 0 Å². The summed E-state index contributed by atoms with van der Waals surface area (Å²) in [5.41, 5.74) is 1.22. The van der Waals surface area contributed by atoms with Gasteiger partial charge in [-0.05, 0) is 70.8 Å². The molecule has 7 nitrogen and oxygen atoms in total. The molecule has 0 unspecified atom stereocenters. The van der Waals surface area contributed by atoms with E-state index in [0.717, 1.165) is 42.0 Å². The molecule has 2 heterocycles. The van der Waals surface area contributed by atoms with Crippen LogP contribution in [0.4, 0.5) is 4.79 Å². The first-order valence-electron chi connectivity index (χ1n) is 10.5. The summed E-state index contributed by atoms with van der Waals surface area (Å²) >= 11 is 0. The fourth-order valence-electron chi connectivity index (χ4n) is 4.21. The molecule has 4 rings (SSSR count). The number of nitrogens with one attached hydrogen (secondary N) is 1. The molecule has 156 valence electrons. The van der Waals surface area contributed by atoms with Crippen LogP contribution < -0.4 is 10.8 Å². The van der Waals surface area contributed by atoms with E-state index >= 15 is 0 Å². The minimum Gasteiger partial charge on any atom is -0.465 e. The Morgan fingerprint density at radius 2 is 1.86 bits per heavy atom. The Morgan fingerprint density at radius 3 is 2.48 bits per heavy atom. The Morgan fingerprint density at radius 1 is 1.21 bits per heavy atom. The van der Waals surface area contributed by atoms with Gasteiger partial charge in [0, 0.05) is 18.1 Å². The van der Waals surface area contributed by atoms with Crippen molar-refractivity contribution < 1.29 is 19.2 Å². The van der Waals surface area contributed by atoms with Gasteiger partial charge in [-0.2, -0.15) is 5.10 Å². The van der Waals surface area contributed by atoms with E-state index in [0.29, 0.717) is 18.5 Å². The number of hydrogen-bond acceptors (Lipinski definition) is 4. The third-order valence-electron chi connectivity index (χ3n) is 6.81. The molecule has 0 atom stereocenters. The maximum Gasteiger partial charge on any atom is 0.494 e. The zero-order chi connectivity index (χ0) is 20.8. The Labute approximate surface area is 171 Å². The van der Waals surface area contributed by atoms with Gasteiger partial charge in [-0.15, -0.1) is 0 Å². The molecule has 1 amide bonds. The summed E-state index contributed by atoms with van der Waals surface area (Å²) in [4.78, 5) is 10.7. The van der Waals surface area contributed by atoms with Gasteiger partial charge in [0.25, 0.3) is 0 Å². The quantitative estimate of drug-likeness (QED) is 0.771. The van der Waals surface area contributed by atoms with Crippen LogP contribution in [0.1, 0.15) is 59.4 Å². The lowest BCUT2D eigenvalue weighted by Gasteiger charge is -2.32. The smallest absolute Gasteiger partial charge is 0.465 e. The van der Waals surface area contributed by atoms with Crippen LogP contribution in [0.25, 0.3) is 10.9 Å². The van der Waals surface area contributed by atoms with E-state index in [1.165, 1.54) is 0 Å². The third kappa shape index (κ3) is 4.01. The van der Waals surface area contributed by atoms with Crippen LogP contribution in [0.2, 0.25) is 0 Å². The number of rotatable bonds is 4. The average Bonchev–Trinajstić information content (AvgIpc) is 3.17. The molecule has 2 fully saturated rings. The first-order valence-corrected chi connectivity index (χ1v) is 10.5. The Balaban J connectivity index is 1.45. The fraction of sp³-hybridized carbons (Fsp3) is 0.619. The van der Waals surface area contributed by atoms with Crippen molar-refractivity contribution in [2.45, 2.75) is 70.6 Å². The van der Waals surface area contributed by atoms with Gasteiger partial charge in [0.15, 0.2) is 0 Å². The van der Waals surface area contributed by atoms with Crippen LogP contribution in [0.3, 0.4) is 0 Å². The molecule has 0 spiro atoms. The van der Waals surface area contributed by atoms with E-state index in [1.807, 2.05) is 0 Å². The first kappa shape index (κ1) is 20.2. The lowest BCUT2D eigenvalue weighted by Crippen LogP contribution is -2.41. The van der Waals surface area contributed by atoms with Crippen LogP contribution in [-0.2, 0) is 9.31 Å². The van der Waals surface area contributed by atoms with Crippen LogP contribution in [0, 0.1) is 5.92 Å². The molecule has 1 aromatic heterocycles. The maximum atomic E-state index is 10.7. The highest BCUT2D eigenvalue weighted by Gasteiger charge is 2.51. The molecule has 1 saturated heterocycles. The fourth-order valence-corrected chi connectivity index (χ4v) is 4.21. The molecule has 2 aliphatic rings. The summed E-state index contributed by atoms with van der Waals surface area (Å²) in [6.45, 7) is 8.77. The molecule has 1 aliphatic carbocycles. The van der Waals surface area contributed by atoms with Gasteiger partial charge in [0.1, 0.15) is 0 Å². The summed E-state index contributed by atoms with van der Waals surface area (Å²) in [6.07, 6.45) is 5.24. The summed E-state index contributed by atoms with van der Waals surface area (Å²) in [6, 6.07) is 6.58. The number of amides is 1. The van der Waals surface area contributed by atoms with E-state index in [4.69, 9.17) is 19.5 Å². The molecular weight excluding hydrogens is 369 g/mol. The Bertz CT molecular complexity index is 886. The maximum absolute atomic E-state index is 10.7. The molecule has 1 aromatic carbocycles. The van der Waals surface area contributed by atoms with E-state index in [-0.39, 0.29) is 18.3 Å². The van der Waals surface area contributed by atoms with Gasteiger partial charge in [-0.1, -0.05) is 12.1 Å². The van der Waals surface area contributed by atoms with Crippen molar-refractivity contribution in [3.63, 3.8) is 0 Å². The summed E-state index contributed by atoms with van der Waals surface area (Å²) in [7, 11) is -0.383. The number of fused-ring (bicyclic) bond motifs is 1. The third-order valence-corrected chi connectivity index (χ3v) is 6.81. The zero-order valence-corrected chi connectivity index (χ0v) is 17.6. The van der Waals surface area contributed by atoms with Gasteiger partial charge >= 0.3 is 13.2 Å². The van der Waals surface area contributed by atoms with Crippen molar-refractivity contribution >= 4 is 29.6 Å². The highest BCUT2D eigenvalue weighted by molar-refractivity contribution is 6.62. The Hall–Kier alpha value is -2.06. The van der Waals surface area contributed by atoms with Crippen molar-refractivity contribution in [1.29, 1.82) is 0 Å². The number of benzene rings is 1. The summed E-state index contributed by atoms with van der Waals surface area (Å²) < 4.78 is 14.4. The molecule has 0 bridgehead atoms. The minimum absolute atomic E-state index is 0.361. The standard InChI is InChI=1S/C21H30BN3O4/c1-20(2)21(3,4)29-22(28-20)16-8-7-15-13-25(24-18(15)11-16)17-9-5-14(6-10-17)12-23-19(26)27/h7-8,11,13-14,17,23H,5-6,9-10,12H2,1-4H3,(H,26,27). The van der Waals surface area contributed by atoms with Crippen LogP contribution in [-0.4, -0.2) is 45.8 Å². The summed E-state index contributed by atoms with van der Waals surface area (Å²) in [5.74, 6) is 0.419. The lowest BCUT2D eigenvalue weighted by atomic mass is 9.79. The summed E-state index contributed by atoms with van der Waals surface area (Å²) in [5, 5.41) is 17.2. The van der Waals surface area contributed by atoms with E-state index in [1.54, 1.807) is 0 Å². The molecular formula is C21H30BN3O4. The van der Waals surface area contributed by atoms with Gasteiger partial charge in [-0.25, -0.2) is 4.79 Å². The number of hydrogen-bond donors (Lipinski definition) is 2.